The van der Waals surface area contributed by atoms with Crippen molar-refractivity contribution >= 4 is 6.29 Å². The summed E-state index contributed by atoms with van der Waals surface area (Å²) in [6.07, 6.45) is 0.704. The fraction of sp³-hybridized carbons (Fsp3) is 0.125. The van der Waals surface area contributed by atoms with Crippen LogP contribution in [0.5, 0.6) is 0 Å². The Hall–Kier alpha value is -1.71. The molecule has 0 spiro atoms. The number of aldehydes is 1. The van der Waals surface area contributed by atoms with Crippen LogP contribution in [0, 0.1) is 10.1 Å². The third-order valence-electron chi connectivity index (χ3n) is 1.43. The molecule has 0 aromatic heterocycles. The summed E-state index contributed by atoms with van der Waals surface area (Å²) in [5, 5.41) is 10.1. The lowest BCUT2D eigenvalue weighted by Crippen LogP contribution is -1.97. The van der Waals surface area contributed by atoms with Gasteiger partial charge in [-0.1, -0.05) is 24.3 Å². The molecule has 0 radical (unpaired) electrons. The molecular weight excluding hydrogens is 158 g/mol. The molecule has 0 aliphatic heterocycles. The van der Waals surface area contributed by atoms with Crippen molar-refractivity contribution in [2.24, 2.45) is 0 Å². The van der Waals surface area contributed by atoms with Gasteiger partial charge in [-0.3, -0.25) is 14.9 Å². The van der Waals surface area contributed by atoms with E-state index < -0.39 is 4.92 Å². The topological polar surface area (TPSA) is 60.2 Å². The fourth-order valence-corrected chi connectivity index (χ4v) is 0.851. The first-order chi connectivity index (χ1) is 5.72. The molecule has 4 heteroatoms. The Morgan fingerprint density at radius 3 is 2.33 bits per heavy atom. The van der Waals surface area contributed by atoms with Gasteiger partial charge in [0.1, 0.15) is 6.29 Å². The third-order valence-corrected chi connectivity index (χ3v) is 1.43. The van der Waals surface area contributed by atoms with Crippen LogP contribution < -0.4 is 0 Å². The van der Waals surface area contributed by atoms with E-state index in [1.807, 2.05) is 0 Å². The number of hydrogen-bond donors (Lipinski definition) is 0. The molecule has 1 aromatic carbocycles. The van der Waals surface area contributed by atoms with Crippen molar-refractivity contribution in [2.75, 3.05) is 0 Å². The van der Waals surface area contributed by atoms with Gasteiger partial charge in [-0.05, 0) is 0 Å². The van der Waals surface area contributed by atoms with E-state index in [9.17, 15) is 14.9 Å². The molecule has 12 heavy (non-hydrogen) atoms. The molecule has 0 aliphatic carbocycles. The minimum Gasteiger partial charge on any atom is -0.298 e. The van der Waals surface area contributed by atoms with Crippen LogP contribution in [0.1, 0.15) is 15.9 Å². The molecule has 1 aromatic rings. The molecule has 62 valence electrons. The number of hydrogen-bond acceptors (Lipinski definition) is 3. The first-order valence-corrected chi connectivity index (χ1v) is 3.38. The van der Waals surface area contributed by atoms with Crippen LogP contribution in [0.3, 0.4) is 0 Å². The van der Waals surface area contributed by atoms with E-state index in [0.717, 1.165) is 0 Å². The van der Waals surface area contributed by atoms with Gasteiger partial charge in [0, 0.05) is 16.1 Å². The molecule has 0 saturated heterocycles. The SMILES string of the molecule is O=Cc1ccc(C[N+](=O)[O-])cc1. The van der Waals surface area contributed by atoms with E-state index >= 15 is 0 Å². The van der Waals surface area contributed by atoms with Gasteiger partial charge in [0.05, 0.1) is 0 Å². The number of nitrogens with zero attached hydrogens (tertiary/aromatic N) is 1. The molecule has 0 N–H and O–H groups in total. The molecule has 0 amide bonds. The minimum absolute atomic E-state index is 0.195. The van der Waals surface area contributed by atoms with Crippen molar-refractivity contribution in [3.63, 3.8) is 0 Å². The fourth-order valence-electron chi connectivity index (χ4n) is 0.851. The minimum atomic E-state index is -0.407. The van der Waals surface area contributed by atoms with Crippen LogP contribution in [0.15, 0.2) is 24.3 Å². The van der Waals surface area contributed by atoms with E-state index in [-0.39, 0.29) is 6.54 Å². The van der Waals surface area contributed by atoms with E-state index in [0.29, 0.717) is 17.4 Å². The van der Waals surface area contributed by atoms with Crippen molar-refractivity contribution < 1.29 is 9.72 Å². The molecular formula is C8H7NO3. The Morgan fingerprint density at radius 2 is 1.92 bits per heavy atom. The molecule has 0 fully saturated rings. The van der Waals surface area contributed by atoms with E-state index in [1.54, 1.807) is 24.3 Å². The number of nitro groups is 1. The Morgan fingerprint density at radius 1 is 1.33 bits per heavy atom. The molecule has 0 unspecified atom stereocenters. The average molecular weight is 165 g/mol. The Bertz CT molecular complexity index is 292. The van der Waals surface area contributed by atoms with Gasteiger partial charge in [-0.2, -0.15) is 0 Å². The summed E-state index contributed by atoms with van der Waals surface area (Å²) in [5.74, 6) is 0. The van der Waals surface area contributed by atoms with Gasteiger partial charge in [-0.25, -0.2) is 0 Å². The van der Waals surface area contributed by atoms with Crippen LogP contribution >= 0.6 is 0 Å². The lowest BCUT2D eigenvalue weighted by atomic mass is 10.1. The Labute approximate surface area is 69.0 Å². The lowest BCUT2D eigenvalue weighted by molar-refractivity contribution is -0.496. The second-order valence-corrected chi connectivity index (χ2v) is 2.35. The number of rotatable bonds is 3. The van der Waals surface area contributed by atoms with Crippen molar-refractivity contribution in [3.05, 3.63) is 45.5 Å². The van der Waals surface area contributed by atoms with Gasteiger partial charge in [0.2, 0.25) is 6.54 Å². The maximum absolute atomic E-state index is 10.2. The molecule has 0 bridgehead atoms. The summed E-state index contributed by atoms with van der Waals surface area (Å²) >= 11 is 0. The highest BCUT2D eigenvalue weighted by Gasteiger charge is 1.99. The maximum atomic E-state index is 10.2. The molecule has 0 aliphatic rings. The van der Waals surface area contributed by atoms with Gasteiger partial charge >= 0.3 is 0 Å². The highest BCUT2D eigenvalue weighted by molar-refractivity contribution is 5.74. The van der Waals surface area contributed by atoms with Crippen LogP contribution in [0.4, 0.5) is 0 Å². The van der Waals surface area contributed by atoms with Crippen LogP contribution in [-0.2, 0) is 6.54 Å². The zero-order valence-corrected chi connectivity index (χ0v) is 6.27. The second kappa shape index (κ2) is 3.61. The Kier molecular flexibility index (Phi) is 2.53. The standard InChI is InChI=1S/C8H7NO3/c10-6-8-3-1-7(2-4-8)5-9(11)12/h1-4,6H,5H2. The van der Waals surface area contributed by atoms with E-state index in [1.165, 1.54) is 0 Å². The predicted octanol–water partition coefficient (Wildman–Crippen LogP) is 1.28. The molecule has 1 rings (SSSR count). The maximum Gasteiger partial charge on any atom is 0.228 e. The molecule has 0 saturated carbocycles. The van der Waals surface area contributed by atoms with Crippen molar-refractivity contribution in [3.8, 4) is 0 Å². The predicted molar refractivity (Wildman–Crippen MR) is 42.5 cm³/mol. The van der Waals surface area contributed by atoms with Crippen LogP contribution in [0.25, 0.3) is 0 Å². The van der Waals surface area contributed by atoms with Gasteiger partial charge in [-0.15, -0.1) is 0 Å². The van der Waals surface area contributed by atoms with Crippen molar-refractivity contribution in [1.29, 1.82) is 0 Å². The quantitative estimate of drug-likeness (QED) is 0.385. The summed E-state index contributed by atoms with van der Waals surface area (Å²) in [5.41, 5.74) is 1.13. The molecule has 0 atom stereocenters. The zero-order valence-electron chi connectivity index (χ0n) is 6.27. The average Bonchev–Trinajstić information content (AvgIpc) is 2.05. The number of carbonyl (C=O) groups excluding carboxylic acids is 1. The van der Waals surface area contributed by atoms with Gasteiger partial charge in [0.25, 0.3) is 0 Å². The lowest BCUT2D eigenvalue weighted by Gasteiger charge is -1.94. The highest BCUT2D eigenvalue weighted by atomic mass is 16.6. The van der Waals surface area contributed by atoms with Crippen LogP contribution in [0.2, 0.25) is 0 Å². The smallest absolute Gasteiger partial charge is 0.228 e. The van der Waals surface area contributed by atoms with Gasteiger partial charge < -0.3 is 0 Å². The second-order valence-electron chi connectivity index (χ2n) is 2.35. The summed E-state index contributed by atoms with van der Waals surface area (Å²) in [7, 11) is 0. The van der Waals surface area contributed by atoms with E-state index in [2.05, 4.69) is 0 Å². The molecule has 4 nitrogen and oxygen atoms in total. The van der Waals surface area contributed by atoms with E-state index in [4.69, 9.17) is 0 Å². The van der Waals surface area contributed by atoms with Crippen LogP contribution in [-0.4, -0.2) is 11.2 Å². The number of benzene rings is 1. The number of carbonyl (C=O) groups is 1. The zero-order chi connectivity index (χ0) is 8.97. The van der Waals surface area contributed by atoms with Gasteiger partial charge in [0.15, 0.2) is 0 Å². The first-order valence-electron chi connectivity index (χ1n) is 3.38. The summed E-state index contributed by atoms with van der Waals surface area (Å²) < 4.78 is 0. The first kappa shape index (κ1) is 8.39. The Balaban J connectivity index is 2.77. The summed E-state index contributed by atoms with van der Waals surface area (Å²) in [6, 6.07) is 6.27. The third kappa shape index (κ3) is 2.16. The summed E-state index contributed by atoms with van der Waals surface area (Å²) in [6.45, 7) is -0.195. The normalized spacial score (nSPS) is 9.33. The van der Waals surface area contributed by atoms with Crippen molar-refractivity contribution in [2.45, 2.75) is 6.54 Å². The largest absolute Gasteiger partial charge is 0.298 e. The van der Waals surface area contributed by atoms with Crippen molar-refractivity contribution in [1.82, 2.24) is 0 Å². The monoisotopic (exact) mass is 165 g/mol. The highest BCUT2D eigenvalue weighted by Crippen LogP contribution is 2.02. The molecule has 0 heterocycles. The summed E-state index contributed by atoms with van der Waals surface area (Å²) in [4.78, 5) is 19.9.